The Morgan fingerprint density at radius 3 is 2.74 bits per heavy atom. The van der Waals surface area contributed by atoms with Gasteiger partial charge >= 0.3 is 0 Å². The fourth-order valence-corrected chi connectivity index (χ4v) is 3.35. The average Bonchev–Trinajstić information content (AvgIpc) is 3.17. The van der Waals surface area contributed by atoms with Gasteiger partial charge in [-0.05, 0) is 37.3 Å². The van der Waals surface area contributed by atoms with E-state index < -0.39 is 6.10 Å². The van der Waals surface area contributed by atoms with Crippen LogP contribution in [0.3, 0.4) is 0 Å². The minimum Gasteiger partial charge on any atom is -0.486 e. The molecule has 138 valence electrons. The lowest BCUT2D eigenvalue weighted by molar-refractivity contribution is -0.122. The Labute approximate surface area is 160 Å². The van der Waals surface area contributed by atoms with Crippen molar-refractivity contribution < 1.29 is 19.0 Å². The van der Waals surface area contributed by atoms with Crippen molar-refractivity contribution in [3.63, 3.8) is 0 Å². The first-order valence-corrected chi connectivity index (χ1v) is 9.45. The zero-order valence-corrected chi connectivity index (χ0v) is 15.5. The summed E-state index contributed by atoms with van der Waals surface area (Å²) in [6.45, 7) is 2.80. The molecule has 0 spiro atoms. The highest BCUT2D eigenvalue weighted by Gasteiger charge is 2.18. The molecular formula is C20H18N2O4S. The van der Waals surface area contributed by atoms with Crippen LogP contribution in [0.15, 0.2) is 53.9 Å². The van der Waals surface area contributed by atoms with E-state index in [1.807, 2.05) is 53.9 Å². The largest absolute Gasteiger partial charge is 0.486 e. The standard InChI is InChI=1S/C20H18N2O4S/c1-13(26-15-5-3-2-4-6-15)19(23)22-20-21-16(12-27-20)14-7-8-17-18(11-14)25-10-9-24-17/h2-8,11-13H,9-10H2,1H3,(H,21,22,23)/t13-/m1/s1. The molecule has 1 amide bonds. The van der Waals surface area contributed by atoms with Gasteiger partial charge in [-0.15, -0.1) is 11.3 Å². The van der Waals surface area contributed by atoms with Crippen LogP contribution in [0, 0.1) is 0 Å². The summed E-state index contributed by atoms with van der Waals surface area (Å²) in [5.74, 6) is 1.85. The monoisotopic (exact) mass is 382 g/mol. The van der Waals surface area contributed by atoms with E-state index in [4.69, 9.17) is 14.2 Å². The number of benzene rings is 2. The fraction of sp³-hybridized carbons (Fsp3) is 0.200. The van der Waals surface area contributed by atoms with Crippen molar-refractivity contribution in [3.8, 4) is 28.5 Å². The van der Waals surface area contributed by atoms with Crippen LogP contribution in [-0.4, -0.2) is 30.2 Å². The van der Waals surface area contributed by atoms with Gasteiger partial charge < -0.3 is 14.2 Å². The quantitative estimate of drug-likeness (QED) is 0.723. The lowest BCUT2D eigenvalue weighted by Gasteiger charge is -2.18. The van der Waals surface area contributed by atoms with E-state index in [1.165, 1.54) is 11.3 Å². The summed E-state index contributed by atoms with van der Waals surface area (Å²) in [4.78, 5) is 16.8. The molecule has 2 heterocycles. The number of thiazole rings is 1. The molecule has 0 fully saturated rings. The van der Waals surface area contributed by atoms with E-state index in [0.29, 0.717) is 29.8 Å². The summed E-state index contributed by atoms with van der Waals surface area (Å²) >= 11 is 1.36. The number of rotatable bonds is 5. The fourth-order valence-electron chi connectivity index (χ4n) is 2.63. The van der Waals surface area contributed by atoms with Crippen molar-refractivity contribution >= 4 is 22.4 Å². The second kappa shape index (κ2) is 7.67. The van der Waals surface area contributed by atoms with Gasteiger partial charge in [0.2, 0.25) is 0 Å². The number of carbonyl (C=O) groups is 1. The van der Waals surface area contributed by atoms with E-state index >= 15 is 0 Å². The van der Waals surface area contributed by atoms with Gasteiger partial charge in [0.05, 0.1) is 5.69 Å². The third-order valence-corrected chi connectivity index (χ3v) is 4.76. The lowest BCUT2D eigenvalue weighted by Crippen LogP contribution is -2.30. The molecule has 27 heavy (non-hydrogen) atoms. The van der Waals surface area contributed by atoms with Gasteiger partial charge in [0.15, 0.2) is 22.7 Å². The van der Waals surface area contributed by atoms with E-state index in [2.05, 4.69) is 10.3 Å². The highest BCUT2D eigenvalue weighted by atomic mass is 32.1. The van der Waals surface area contributed by atoms with Crippen LogP contribution >= 0.6 is 11.3 Å². The van der Waals surface area contributed by atoms with E-state index in [1.54, 1.807) is 6.92 Å². The molecule has 4 rings (SSSR count). The van der Waals surface area contributed by atoms with Crippen LogP contribution in [0.4, 0.5) is 5.13 Å². The normalized spacial score (nSPS) is 13.7. The average molecular weight is 382 g/mol. The van der Waals surface area contributed by atoms with E-state index in [9.17, 15) is 4.79 Å². The van der Waals surface area contributed by atoms with Crippen LogP contribution in [0.5, 0.6) is 17.2 Å². The predicted octanol–water partition coefficient (Wildman–Crippen LogP) is 3.99. The molecule has 7 heteroatoms. The van der Waals surface area contributed by atoms with Crippen LogP contribution in [0.1, 0.15) is 6.92 Å². The van der Waals surface area contributed by atoms with Crippen LogP contribution in [0.25, 0.3) is 11.3 Å². The second-order valence-corrected chi connectivity index (χ2v) is 6.82. The number of carbonyl (C=O) groups excluding carboxylic acids is 1. The highest BCUT2D eigenvalue weighted by Crippen LogP contribution is 2.35. The number of hydrogen-bond donors (Lipinski definition) is 1. The number of aromatic nitrogens is 1. The number of nitrogens with one attached hydrogen (secondary N) is 1. The summed E-state index contributed by atoms with van der Waals surface area (Å²) in [6, 6.07) is 14.9. The van der Waals surface area contributed by atoms with Gasteiger partial charge in [-0.2, -0.15) is 0 Å². The maximum absolute atomic E-state index is 12.3. The summed E-state index contributed by atoms with van der Waals surface area (Å²) in [6.07, 6.45) is -0.631. The highest BCUT2D eigenvalue weighted by molar-refractivity contribution is 7.14. The summed E-state index contributed by atoms with van der Waals surface area (Å²) in [5.41, 5.74) is 1.67. The molecule has 6 nitrogen and oxygen atoms in total. The molecule has 0 aliphatic carbocycles. The SMILES string of the molecule is C[C@@H](Oc1ccccc1)C(=O)Nc1nc(-c2ccc3c(c2)OCCO3)cs1. The minimum atomic E-state index is -0.631. The number of ether oxygens (including phenoxy) is 3. The van der Waals surface area contributed by atoms with Crippen molar-refractivity contribution in [1.82, 2.24) is 4.98 Å². The summed E-state index contributed by atoms with van der Waals surface area (Å²) < 4.78 is 16.8. The van der Waals surface area contributed by atoms with Gasteiger partial charge in [-0.1, -0.05) is 18.2 Å². The van der Waals surface area contributed by atoms with Crippen molar-refractivity contribution in [2.24, 2.45) is 0 Å². The summed E-state index contributed by atoms with van der Waals surface area (Å²) in [7, 11) is 0. The van der Waals surface area contributed by atoms with Crippen LogP contribution in [-0.2, 0) is 4.79 Å². The molecule has 0 bridgehead atoms. The van der Waals surface area contributed by atoms with E-state index in [0.717, 1.165) is 17.0 Å². The molecule has 0 radical (unpaired) electrons. The Morgan fingerprint density at radius 2 is 1.93 bits per heavy atom. The third kappa shape index (κ3) is 4.03. The van der Waals surface area contributed by atoms with Crippen LogP contribution in [0.2, 0.25) is 0 Å². The smallest absolute Gasteiger partial charge is 0.266 e. The minimum absolute atomic E-state index is 0.248. The van der Waals surface area contributed by atoms with E-state index in [-0.39, 0.29) is 5.91 Å². The molecule has 1 aromatic heterocycles. The topological polar surface area (TPSA) is 69.7 Å². The van der Waals surface area contributed by atoms with Crippen molar-refractivity contribution in [2.45, 2.75) is 13.0 Å². The van der Waals surface area contributed by atoms with Gasteiger partial charge in [0.25, 0.3) is 5.91 Å². The number of para-hydroxylation sites is 1. The zero-order chi connectivity index (χ0) is 18.6. The maximum Gasteiger partial charge on any atom is 0.266 e. The first-order valence-electron chi connectivity index (χ1n) is 8.57. The maximum atomic E-state index is 12.3. The Morgan fingerprint density at radius 1 is 1.15 bits per heavy atom. The van der Waals surface area contributed by atoms with Gasteiger partial charge in [-0.25, -0.2) is 4.98 Å². The predicted molar refractivity (Wildman–Crippen MR) is 104 cm³/mol. The van der Waals surface area contributed by atoms with Crippen molar-refractivity contribution in [3.05, 3.63) is 53.9 Å². The molecule has 1 atom stereocenters. The van der Waals surface area contributed by atoms with Gasteiger partial charge in [0, 0.05) is 10.9 Å². The van der Waals surface area contributed by atoms with Gasteiger partial charge in [-0.3, -0.25) is 10.1 Å². The number of hydrogen-bond acceptors (Lipinski definition) is 6. The Bertz CT molecular complexity index is 942. The Kier molecular flexibility index (Phi) is 4.93. The van der Waals surface area contributed by atoms with Crippen LogP contribution < -0.4 is 19.5 Å². The lowest BCUT2D eigenvalue weighted by atomic mass is 10.1. The number of nitrogens with zero attached hydrogens (tertiary/aromatic N) is 1. The Hall–Kier alpha value is -3.06. The first kappa shape index (κ1) is 17.4. The van der Waals surface area contributed by atoms with Gasteiger partial charge in [0.1, 0.15) is 19.0 Å². The molecule has 0 saturated carbocycles. The number of fused-ring (bicyclic) bond motifs is 1. The Balaban J connectivity index is 1.42. The molecule has 2 aromatic carbocycles. The molecule has 1 N–H and O–H groups in total. The molecular weight excluding hydrogens is 364 g/mol. The molecule has 3 aromatic rings. The number of anilines is 1. The number of amides is 1. The first-order chi connectivity index (χ1) is 13.2. The van der Waals surface area contributed by atoms with Crippen molar-refractivity contribution in [1.29, 1.82) is 0 Å². The summed E-state index contributed by atoms with van der Waals surface area (Å²) in [5, 5.41) is 5.22. The molecule has 0 saturated heterocycles. The van der Waals surface area contributed by atoms with Crippen molar-refractivity contribution in [2.75, 3.05) is 18.5 Å². The molecule has 1 aliphatic heterocycles. The second-order valence-electron chi connectivity index (χ2n) is 5.96. The third-order valence-electron chi connectivity index (χ3n) is 4.00. The zero-order valence-electron chi connectivity index (χ0n) is 14.7. The molecule has 1 aliphatic rings. The molecule has 0 unspecified atom stereocenters.